The Morgan fingerprint density at radius 1 is 1.03 bits per heavy atom. The summed E-state index contributed by atoms with van der Waals surface area (Å²) in [4.78, 5) is 17.2. The summed E-state index contributed by atoms with van der Waals surface area (Å²) >= 11 is 6.09. The number of methoxy groups -OCH3 is 2. The molecule has 9 heteroatoms. The predicted octanol–water partition coefficient (Wildman–Crippen LogP) is 5.66. The van der Waals surface area contributed by atoms with Gasteiger partial charge in [-0.05, 0) is 53.6 Å². The molecule has 1 amide bonds. The smallest absolute Gasteiger partial charge is 0.250 e. The highest BCUT2D eigenvalue weighted by Gasteiger charge is 2.25. The van der Waals surface area contributed by atoms with Gasteiger partial charge >= 0.3 is 0 Å². The number of rotatable bonds is 7. The third-order valence-electron chi connectivity index (χ3n) is 5.87. The lowest BCUT2D eigenvalue weighted by molar-refractivity contribution is -0.111. The Bertz CT molecular complexity index is 1480. The zero-order valence-electron chi connectivity index (χ0n) is 20.2. The maximum absolute atomic E-state index is 12.7. The van der Waals surface area contributed by atoms with Crippen LogP contribution < -0.4 is 20.1 Å². The number of benzene rings is 3. The van der Waals surface area contributed by atoms with Crippen LogP contribution in [0.1, 0.15) is 22.7 Å². The molecule has 37 heavy (non-hydrogen) atoms. The molecule has 1 atom stereocenters. The normalized spacial score (nSPS) is 14.5. The SMILES string of the molecule is COc1ccc(C2C=C(c3ccc(Cl)cc3)Nc3nc(NC(=O)C=Cc4ccccc4OC)nn32)cc1. The van der Waals surface area contributed by atoms with Crippen molar-refractivity contribution in [2.75, 3.05) is 24.9 Å². The summed E-state index contributed by atoms with van der Waals surface area (Å²) in [6, 6.07) is 22.5. The largest absolute Gasteiger partial charge is 0.497 e. The van der Waals surface area contributed by atoms with E-state index in [1.54, 1.807) is 25.0 Å². The number of carbonyl (C=O) groups excluding carboxylic acids is 1. The molecule has 0 saturated heterocycles. The Hall–Kier alpha value is -4.56. The van der Waals surface area contributed by atoms with Crippen molar-refractivity contribution in [2.45, 2.75) is 6.04 Å². The molecule has 5 rings (SSSR count). The number of carbonyl (C=O) groups is 1. The number of anilines is 2. The second-order valence-electron chi connectivity index (χ2n) is 8.20. The van der Waals surface area contributed by atoms with Gasteiger partial charge in [0.25, 0.3) is 11.9 Å². The van der Waals surface area contributed by atoms with E-state index in [0.29, 0.717) is 16.7 Å². The molecule has 0 bridgehead atoms. The van der Waals surface area contributed by atoms with E-state index in [2.05, 4.69) is 26.8 Å². The van der Waals surface area contributed by atoms with Crippen LogP contribution in [0.3, 0.4) is 0 Å². The molecule has 3 aromatic carbocycles. The Morgan fingerprint density at radius 2 is 1.78 bits per heavy atom. The number of aromatic nitrogens is 3. The van der Waals surface area contributed by atoms with E-state index in [1.165, 1.54) is 6.08 Å². The molecule has 1 unspecified atom stereocenters. The van der Waals surface area contributed by atoms with Crippen LogP contribution in [0.25, 0.3) is 11.8 Å². The number of nitrogens with one attached hydrogen (secondary N) is 2. The minimum atomic E-state index is -0.360. The summed E-state index contributed by atoms with van der Waals surface area (Å²) in [5.41, 5.74) is 3.57. The fourth-order valence-electron chi connectivity index (χ4n) is 4.00. The molecular formula is C28H24ClN5O3. The summed E-state index contributed by atoms with van der Waals surface area (Å²) in [5, 5.41) is 11.3. The van der Waals surface area contributed by atoms with Crippen LogP contribution in [-0.2, 0) is 4.79 Å². The molecule has 0 aliphatic carbocycles. The van der Waals surface area contributed by atoms with Gasteiger partial charge in [0.2, 0.25) is 5.95 Å². The van der Waals surface area contributed by atoms with Crippen molar-refractivity contribution in [3.8, 4) is 11.5 Å². The summed E-state index contributed by atoms with van der Waals surface area (Å²) < 4.78 is 12.4. The van der Waals surface area contributed by atoms with Gasteiger partial charge in [0.15, 0.2) is 0 Å². The maximum atomic E-state index is 12.7. The molecule has 186 valence electrons. The number of hydrogen-bond acceptors (Lipinski definition) is 6. The highest BCUT2D eigenvalue weighted by molar-refractivity contribution is 6.30. The zero-order chi connectivity index (χ0) is 25.8. The number of fused-ring (bicyclic) bond motifs is 1. The van der Waals surface area contributed by atoms with Gasteiger partial charge in [-0.1, -0.05) is 54.1 Å². The monoisotopic (exact) mass is 513 g/mol. The van der Waals surface area contributed by atoms with Gasteiger partial charge in [0.1, 0.15) is 17.5 Å². The molecule has 8 nitrogen and oxygen atoms in total. The zero-order valence-corrected chi connectivity index (χ0v) is 20.9. The lowest BCUT2D eigenvalue weighted by atomic mass is 10.0. The third-order valence-corrected chi connectivity index (χ3v) is 6.12. The first-order valence-corrected chi connectivity index (χ1v) is 11.9. The molecule has 2 heterocycles. The lowest BCUT2D eigenvalue weighted by Gasteiger charge is -2.24. The summed E-state index contributed by atoms with van der Waals surface area (Å²) in [7, 11) is 3.22. The topological polar surface area (TPSA) is 90.3 Å². The van der Waals surface area contributed by atoms with E-state index in [0.717, 1.165) is 28.1 Å². The number of nitrogens with zero attached hydrogens (tertiary/aromatic N) is 3. The highest BCUT2D eigenvalue weighted by Crippen LogP contribution is 2.34. The Kier molecular flexibility index (Phi) is 6.91. The van der Waals surface area contributed by atoms with Gasteiger partial charge in [-0.25, -0.2) is 4.68 Å². The molecule has 0 spiro atoms. The van der Waals surface area contributed by atoms with Gasteiger partial charge in [-0.2, -0.15) is 4.98 Å². The van der Waals surface area contributed by atoms with E-state index < -0.39 is 0 Å². The van der Waals surface area contributed by atoms with Crippen LogP contribution in [-0.4, -0.2) is 34.9 Å². The predicted molar refractivity (Wildman–Crippen MR) is 145 cm³/mol. The Balaban J connectivity index is 1.43. The second kappa shape index (κ2) is 10.6. The van der Waals surface area contributed by atoms with Crippen LogP contribution in [0, 0.1) is 0 Å². The van der Waals surface area contributed by atoms with Crippen molar-refractivity contribution in [1.82, 2.24) is 14.8 Å². The van der Waals surface area contributed by atoms with Crippen molar-refractivity contribution in [3.05, 3.63) is 107 Å². The van der Waals surface area contributed by atoms with Gasteiger partial charge in [-0.3, -0.25) is 10.1 Å². The first-order chi connectivity index (χ1) is 18.0. The first-order valence-electron chi connectivity index (χ1n) is 11.5. The van der Waals surface area contributed by atoms with Gasteiger partial charge < -0.3 is 14.8 Å². The minimum Gasteiger partial charge on any atom is -0.497 e. The number of allylic oxidation sites excluding steroid dienone is 1. The van der Waals surface area contributed by atoms with Crippen molar-refractivity contribution >= 4 is 41.2 Å². The van der Waals surface area contributed by atoms with Crippen LogP contribution in [0.4, 0.5) is 11.9 Å². The maximum Gasteiger partial charge on any atom is 0.250 e. The van der Waals surface area contributed by atoms with Crippen LogP contribution in [0.2, 0.25) is 5.02 Å². The number of halogens is 1. The Morgan fingerprint density at radius 3 is 2.51 bits per heavy atom. The van der Waals surface area contributed by atoms with Crippen LogP contribution in [0.15, 0.2) is 84.9 Å². The van der Waals surface area contributed by atoms with E-state index >= 15 is 0 Å². The molecule has 1 aliphatic heterocycles. The van der Waals surface area contributed by atoms with Gasteiger partial charge in [0, 0.05) is 22.4 Å². The van der Waals surface area contributed by atoms with E-state index in [1.807, 2.05) is 72.8 Å². The first kappa shape index (κ1) is 24.1. The van der Waals surface area contributed by atoms with Gasteiger partial charge in [0.05, 0.1) is 14.2 Å². The quantitative estimate of drug-likeness (QED) is 0.310. The average molecular weight is 514 g/mol. The molecule has 2 N–H and O–H groups in total. The molecule has 1 aromatic heterocycles. The van der Waals surface area contributed by atoms with Crippen molar-refractivity contribution < 1.29 is 14.3 Å². The van der Waals surface area contributed by atoms with E-state index in [9.17, 15) is 4.79 Å². The standard InChI is InChI=1S/C28H24ClN5O3/c1-36-22-14-9-19(10-15-22)24-17-23(18-7-12-21(29)13-8-18)30-28-32-27(33-34(24)28)31-26(35)16-11-20-5-3-4-6-25(20)37-2/h3-17,24H,1-2H3,(H2,30,31,32,33,35). The van der Waals surface area contributed by atoms with Crippen molar-refractivity contribution in [1.29, 1.82) is 0 Å². The summed E-state index contributed by atoms with van der Waals surface area (Å²) in [6.07, 6.45) is 5.16. The molecular weight excluding hydrogens is 490 g/mol. The van der Waals surface area contributed by atoms with Crippen LogP contribution in [0.5, 0.6) is 11.5 Å². The Labute approximate surface area is 219 Å². The molecule has 1 aliphatic rings. The van der Waals surface area contributed by atoms with Crippen molar-refractivity contribution in [2.24, 2.45) is 0 Å². The summed E-state index contributed by atoms with van der Waals surface area (Å²) in [6.45, 7) is 0. The molecule has 0 saturated carbocycles. The lowest BCUT2D eigenvalue weighted by Crippen LogP contribution is -2.20. The third kappa shape index (κ3) is 5.34. The average Bonchev–Trinajstić information content (AvgIpc) is 3.34. The van der Waals surface area contributed by atoms with E-state index in [4.69, 9.17) is 21.1 Å². The minimum absolute atomic E-state index is 0.182. The number of ether oxygens (including phenoxy) is 2. The van der Waals surface area contributed by atoms with Crippen LogP contribution >= 0.6 is 11.6 Å². The number of amides is 1. The second-order valence-corrected chi connectivity index (χ2v) is 8.63. The van der Waals surface area contributed by atoms with Crippen molar-refractivity contribution in [3.63, 3.8) is 0 Å². The summed E-state index contributed by atoms with van der Waals surface area (Å²) in [5.74, 6) is 1.75. The molecule has 4 aromatic rings. The highest BCUT2D eigenvalue weighted by atomic mass is 35.5. The fourth-order valence-corrected chi connectivity index (χ4v) is 4.13. The van der Waals surface area contributed by atoms with Gasteiger partial charge in [-0.15, -0.1) is 5.10 Å². The molecule has 0 fully saturated rings. The molecule has 0 radical (unpaired) electrons. The van der Waals surface area contributed by atoms with E-state index in [-0.39, 0.29) is 17.9 Å². The number of hydrogen-bond donors (Lipinski definition) is 2. The number of para-hydroxylation sites is 1. The fraction of sp³-hybridized carbons (Fsp3) is 0.107.